The number of ether oxygens (including phenoxy) is 3. The highest BCUT2D eigenvalue weighted by atomic mass is 16.6. The molecule has 0 aromatic heterocycles. The van der Waals surface area contributed by atoms with Crippen molar-refractivity contribution in [3.05, 3.63) is 85.1 Å². The average Bonchev–Trinajstić information content (AvgIpc) is 3.31. The summed E-state index contributed by atoms with van der Waals surface area (Å²) in [6, 6.07) is 0. The van der Waals surface area contributed by atoms with E-state index in [2.05, 4.69) is 106 Å². The molecule has 0 fully saturated rings. The van der Waals surface area contributed by atoms with Gasteiger partial charge >= 0.3 is 17.9 Å². The van der Waals surface area contributed by atoms with Crippen molar-refractivity contribution >= 4 is 17.9 Å². The van der Waals surface area contributed by atoms with E-state index in [-0.39, 0.29) is 31.1 Å². The Balaban J connectivity index is 4.40. The number of carbonyl (C=O) groups excluding carboxylic acids is 3. The molecule has 0 rings (SSSR count). The van der Waals surface area contributed by atoms with Gasteiger partial charge in [-0.3, -0.25) is 14.4 Å². The highest BCUT2D eigenvalue weighted by Crippen LogP contribution is 2.14. The quantitative estimate of drug-likeness (QED) is 0.0199. The third-order valence-corrected chi connectivity index (χ3v) is 11.6. The Hall–Kier alpha value is -3.41. The fourth-order valence-electron chi connectivity index (χ4n) is 7.46. The van der Waals surface area contributed by atoms with Gasteiger partial charge in [0, 0.05) is 19.3 Å². The number of carbonyl (C=O) groups is 3. The summed E-state index contributed by atoms with van der Waals surface area (Å²) in [7, 11) is 0. The maximum atomic E-state index is 12.8. The van der Waals surface area contributed by atoms with E-state index in [9.17, 15) is 14.4 Å². The molecule has 6 heteroatoms. The molecule has 66 heavy (non-hydrogen) atoms. The van der Waals surface area contributed by atoms with Crippen LogP contribution in [0.4, 0.5) is 0 Å². The van der Waals surface area contributed by atoms with Crippen LogP contribution in [0, 0.1) is 0 Å². The van der Waals surface area contributed by atoms with Crippen LogP contribution < -0.4 is 0 Å². The van der Waals surface area contributed by atoms with E-state index in [4.69, 9.17) is 14.2 Å². The van der Waals surface area contributed by atoms with Crippen molar-refractivity contribution in [2.45, 2.75) is 264 Å². The molecule has 0 aromatic rings. The zero-order chi connectivity index (χ0) is 47.9. The Morgan fingerprint density at radius 2 is 0.652 bits per heavy atom. The Bertz CT molecular complexity index is 1290. The van der Waals surface area contributed by atoms with E-state index in [1.54, 1.807) is 0 Å². The van der Waals surface area contributed by atoms with Gasteiger partial charge in [-0.15, -0.1) is 0 Å². The number of hydrogen-bond donors (Lipinski definition) is 0. The molecule has 0 saturated heterocycles. The summed E-state index contributed by atoms with van der Waals surface area (Å²) in [6.45, 7) is 6.44. The highest BCUT2D eigenvalue weighted by molar-refractivity contribution is 5.71. The molecule has 0 aliphatic rings. The first-order chi connectivity index (χ1) is 32.5. The Kier molecular flexibility index (Phi) is 51.4. The Labute approximate surface area is 407 Å². The van der Waals surface area contributed by atoms with E-state index in [1.807, 2.05) is 0 Å². The normalized spacial score (nSPS) is 12.7. The second kappa shape index (κ2) is 54.2. The number of rotatable bonds is 49. The summed E-state index contributed by atoms with van der Waals surface area (Å²) in [4.78, 5) is 38.0. The molecule has 0 heterocycles. The molecule has 0 aliphatic carbocycles. The molecule has 1 atom stereocenters. The van der Waals surface area contributed by atoms with Gasteiger partial charge in [0.15, 0.2) is 6.10 Å². The van der Waals surface area contributed by atoms with Crippen LogP contribution >= 0.6 is 0 Å². The van der Waals surface area contributed by atoms with Gasteiger partial charge in [-0.05, 0) is 103 Å². The van der Waals surface area contributed by atoms with E-state index in [1.165, 1.54) is 96.3 Å². The summed E-state index contributed by atoms with van der Waals surface area (Å²) < 4.78 is 16.8. The van der Waals surface area contributed by atoms with Gasteiger partial charge in [0.25, 0.3) is 0 Å². The van der Waals surface area contributed by atoms with Crippen LogP contribution in [-0.2, 0) is 28.6 Å². The van der Waals surface area contributed by atoms with Crippen LogP contribution in [0.2, 0.25) is 0 Å². The molecule has 0 aromatic carbocycles. The minimum absolute atomic E-state index is 0.0962. The molecule has 378 valence electrons. The first-order valence-electron chi connectivity index (χ1n) is 27.6. The van der Waals surface area contributed by atoms with Gasteiger partial charge in [-0.25, -0.2) is 0 Å². The van der Waals surface area contributed by atoms with E-state index in [0.29, 0.717) is 19.3 Å². The molecule has 0 amide bonds. The molecule has 1 unspecified atom stereocenters. The third kappa shape index (κ3) is 51.6. The van der Waals surface area contributed by atoms with E-state index >= 15 is 0 Å². The lowest BCUT2D eigenvalue weighted by Crippen LogP contribution is -2.30. The number of allylic oxidation sites excluding steroid dienone is 14. The summed E-state index contributed by atoms with van der Waals surface area (Å²) in [5, 5.41) is 0. The molecule has 0 spiro atoms. The SMILES string of the molecule is CC/C=C\C/C=C\C/C=C\C/C=C\CCCCCCCCC(=O)OCC(COC(=O)CCCCC/C=C\C=C/CCCC)OC(=O)CCCCCCC/C=C\CCCCCCCCCCC. The molecule has 6 nitrogen and oxygen atoms in total. The monoisotopic (exact) mass is 919 g/mol. The van der Waals surface area contributed by atoms with Gasteiger partial charge in [0.2, 0.25) is 0 Å². The molecule has 0 saturated carbocycles. The van der Waals surface area contributed by atoms with Crippen LogP contribution in [0.3, 0.4) is 0 Å². The van der Waals surface area contributed by atoms with Crippen LogP contribution in [0.1, 0.15) is 258 Å². The Morgan fingerprint density at radius 1 is 0.333 bits per heavy atom. The van der Waals surface area contributed by atoms with Crippen LogP contribution in [-0.4, -0.2) is 37.2 Å². The van der Waals surface area contributed by atoms with Crippen LogP contribution in [0.15, 0.2) is 85.1 Å². The lowest BCUT2D eigenvalue weighted by atomic mass is 10.1. The molecular formula is C60H102O6. The van der Waals surface area contributed by atoms with Gasteiger partial charge in [-0.1, -0.05) is 221 Å². The van der Waals surface area contributed by atoms with Gasteiger partial charge in [0.05, 0.1) is 0 Å². The standard InChI is InChI=1S/C60H102O6/c1-4-7-10-13-16-19-22-24-26-28-30-32-33-35-38-41-44-47-50-53-59(62)65-56-57(55-64-58(61)52-49-46-43-40-37-21-18-15-12-9-6-3)66-60(63)54-51-48-45-42-39-36-34-31-29-27-25-23-20-17-14-11-8-5-2/h7,10,15-16,18-19,21,24,26,30-32,34,37,57H,4-6,8-9,11-14,17,20,22-23,25,27-29,33,35-36,38-56H2,1-3H3/b10-7-,18-15-,19-16-,26-24-,32-30-,34-31-,37-21-. The molecule has 0 aliphatic heterocycles. The molecular weight excluding hydrogens is 817 g/mol. The van der Waals surface area contributed by atoms with Crippen LogP contribution in [0.25, 0.3) is 0 Å². The lowest BCUT2D eigenvalue weighted by molar-refractivity contribution is -0.167. The van der Waals surface area contributed by atoms with Gasteiger partial charge in [0.1, 0.15) is 13.2 Å². The molecule has 0 bridgehead atoms. The van der Waals surface area contributed by atoms with E-state index in [0.717, 1.165) is 122 Å². The molecule has 0 radical (unpaired) electrons. The predicted molar refractivity (Wildman–Crippen MR) is 284 cm³/mol. The Morgan fingerprint density at radius 3 is 1.09 bits per heavy atom. The summed E-state index contributed by atoms with van der Waals surface area (Å²) in [6.07, 6.45) is 70.0. The maximum absolute atomic E-state index is 12.8. The molecule has 0 N–H and O–H groups in total. The van der Waals surface area contributed by atoms with E-state index < -0.39 is 6.10 Å². The van der Waals surface area contributed by atoms with Crippen molar-refractivity contribution in [1.82, 2.24) is 0 Å². The van der Waals surface area contributed by atoms with Crippen LogP contribution in [0.5, 0.6) is 0 Å². The van der Waals surface area contributed by atoms with Gasteiger partial charge < -0.3 is 14.2 Å². The van der Waals surface area contributed by atoms with Gasteiger partial charge in [-0.2, -0.15) is 0 Å². The van der Waals surface area contributed by atoms with Crippen molar-refractivity contribution < 1.29 is 28.6 Å². The summed E-state index contributed by atoms with van der Waals surface area (Å²) in [5.41, 5.74) is 0. The fourth-order valence-corrected chi connectivity index (χ4v) is 7.46. The minimum atomic E-state index is -0.798. The van der Waals surface area contributed by atoms with Crippen molar-refractivity contribution in [2.24, 2.45) is 0 Å². The second-order valence-corrected chi connectivity index (χ2v) is 18.1. The summed E-state index contributed by atoms with van der Waals surface area (Å²) in [5.74, 6) is -0.944. The predicted octanol–water partition coefficient (Wildman–Crippen LogP) is 18.4. The van der Waals surface area contributed by atoms with Crippen molar-refractivity contribution in [1.29, 1.82) is 0 Å². The first kappa shape index (κ1) is 62.6. The highest BCUT2D eigenvalue weighted by Gasteiger charge is 2.19. The number of hydrogen-bond acceptors (Lipinski definition) is 6. The largest absolute Gasteiger partial charge is 0.462 e. The smallest absolute Gasteiger partial charge is 0.306 e. The summed E-state index contributed by atoms with van der Waals surface area (Å²) >= 11 is 0. The fraction of sp³-hybridized carbons (Fsp3) is 0.717. The topological polar surface area (TPSA) is 78.9 Å². The van der Waals surface area contributed by atoms with Crippen molar-refractivity contribution in [2.75, 3.05) is 13.2 Å². The van der Waals surface area contributed by atoms with Crippen molar-refractivity contribution in [3.8, 4) is 0 Å². The second-order valence-electron chi connectivity index (χ2n) is 18.1. The average molecular weight is 919 g/mol. The number of unbranched alkanes of at least 4 members (excludes halogenated alkanes) is 25. The lowest BCUT2D eigenvalue weighted by Gasteiger charge is -2.18. The number of esters is 3. The third-order valence-electron chi connectivity index (χ3n) is 11.6. The zero-order valence-corrected chi connectivity index (χ0v) is 43.2. The maximum Gasteiger partial charge on any atom is 0.306 e. The minimum Gasteiger partial charge on any atom is -0.462 e. The van der Waals surface area contributed by atoms with Crippen molar-refractivity contribution in [3.63, 3.8) is 0 Å². The zero-order valence-electron chi connectivity index (χ0n) is 43.2. The first-order valence-corrected chi connectivity index (χ1v) is 27.6.